The lowest BCUT2D eigenvalue weighted by Gasteiger charge is -2.35. The summed E-state index contributed by atoms with van der Waals surface area (Å²) in [6.45, 7) is 3.62. The molecule has 2 aromatic heterocycles. The Bertz CT molecular complexity index is 1010. The molecule has 3 aromatic rings. The average Bonchev–Trinajstić information content (AvgIpc) is 3.03. The fraction of sp³-hybridized carbons (Fsp3) is 0.353. The molecule has 4 rings (SSSR count). The van der Waals surface area contributed by atoms with Crippen molar-refractivity contribution in [3.05, 3.63) is 51.3 Å². The van der Waals surface area contributed by atoms with Gasteiger partial charge in [-0.05, 0) is 12.1 Å². The van der Waals surface area contributed by atoms with Crippen LogP contribution >= 0.6 is 11.6 Å². The van der Waals surface area contributed by atoms with Gasteiger partial charge >= 0.3 is 0 Å². The molecule has 0 N–H and O–H groups in total. The van der Waals surface area contributed by atoms with E-state index < -0.39 is 0 Å². The fourth-order valence-corrected chi connectivity index (χ4v) is 3.45. The van der Waals surface area contributed by atoms with Crippen LogP contribution in [0.1, 0.15) is 5.69 Å². The predicted octanol–water partition coefficient (Wildman–Crippen LogP) is 2.04. The van der Waals surface area contributed by atoms with Crippen LogP contribution in [-0.4, -0.2) is 46.0 Å². The van der Waals surface area contributed by atoms with Gasteiger partial charge in [0.2, 0.25) is 0 Å². The molecular formula is C17H17ClFN5O2. The van der Waals surface area contributed by atoms with Crippen molar-refractivity contribution >= 4 is 28.3 Å². The Balaban J connectivity index is 1.45. The number of piperazine rings is 1. The van der Waals surface area contributed by atoms with Crippen LogP contribution in [0.25, 0.3) is 11.0 Å². The summed E-state index contributed by atoms with van der Waals surface area (Å²) < 4.78 is 19.7. The summed E-state index contributed by atoms with van der Waals surface area (Å²) in [5.41, 5.74) is 1.61. The standard InChI is InChI=1S/C17H17ClFN5O2/c1-22-17(25)16(18)14(9-20-22)24-6-4-23(5-7-24)10-13-12-3-2-11(19)8-15(12)26-21-13/h2-3,8-9H,4-7,10H2,1H3. The highest BCUT2D eigenvalue weighted by molar-refractivity contribution is 6.33. The van der Waals surface area contributed by atoms with Gasteiger partial charge in [-0.3, -0.25) is 9.69 Å². The fourth-order valence-electron chi connectivity index (χ4n) is 3.16. The minimum absolute atomic E-state index is 0.195. The lowest BCUT2D eigenvalue weighted by atomic mass is 10.2. The van der Waals surface area contributed by atoms with E-state index in [-0.39, 0.29) is 16.4 Å². The minimum atomic E-state index is -0.340. The summed E-state index contributed by atoms with van der Waals surface area (Å²) in [5, 5.41) is 9.14. The second-order valence-electron chi connectivity index (χ2n) is 6.31. The van der Waals surface area contributed by atoms with Crippen molar-refractivity contribution in [3.63, 3.8) is 0 Å². The zero-order chi connectivity index (χ0) is 18.3. The van der Waals surface area contributed by atoms with E-state index in [1.54, 1.807) is 19.3 Å². The zero-order valence-corrected chi connectivity index (χ0v) is 14.9. The van der Waals surface area contributed by atoms with Gasteiger partial charge in [-0.1, -0.05) is 16.8 Å². The van der Waals surface area contributed by atoms with Crippen molar-refractivity contribution in [3.8, 4) is 0 Å². The summed E-state index contributed by atoms with van der Waals surface area (Å²) in [7, 11) is 1.57. The van der Waals surface area contributed by atoms with E-state index in [0.717, 1.165) is 37.3 Å². The highest BCUT2D eigenvalue weighted by Gasteiger charge is 2.22. The Morgan fingerprint density at radius 3 is 2.81 bits per heavy atom. The first kappa shape index (κ1) is 17.0. The molecule has 0 spiro atoms. The molecule has 1 saturated heterocycles. The number of hydrogen-bond donors (Lipinski definition) is 0. The van der Waals surface area contributed by atoms with Gasteiger partial charge in [-0.15, -0.1) is 0 Å². The summed E-state index contributed by atoms with van der Waals surface area (Å²) in [6.07, 6.45) is 1.62. The van der Waals surface area contributed by atoms with E-state index in [2.05, 4.69) is 20.1 Å². The second-order valence-corrected chi connectivity index (χ2v) is 6.68. The number of anilines is 1. The van der Waals surface area contributed by atoms with Crippen LogP contribution in [0.2, 0.25) is 5.02 Å². The largest absolute Gasteiger partial charge is 0.366 e. The molecule has 136 valence electrons. The topological polar surface area (TPSA) is 67.4 Å². The van der Waals surface area contributed by atoms with E-state index in [1.807, 2.05) is 0 Å². The van der Waals surface area contributed by atoms with Crippen molar-refractivity contribution < 1.29 is 8.91 Å². The quantitative estimate of drug-likeness (QED) is 0.695. The third-order valence-electron chi connectivity index (χ3n) is 4.65. The number of aryl methyl sites for hydroxylation is 1. The monoisotopic (exact) mass is 377 g/mol. The van der Waals surface area contributed by atoms with Gasteiger partial charge in [0.25, 0.3) is 5.56 Å². The second kappa shape index (κ2) is 6.69. The number of halogens is 2. The molecule has 0 radical (unpaired) electrons. The smallest absolute Gasteiger partial charge is 0.287 e. The number of fused-ring (bicyclic) bond motifs is 1. The van der Waals surface area contributed by atoms with Crippen LogP contribution in [-0.2, 0) is 13.6 Å². The van der Waals surface area contributed by atoms with Crippen molar-refractivity contribution in [2.75, 3.05) is 31.1 Å². The number of benzene rings is 1. The molecular weight excluding hydrogens is 361 g/mol. The Morgan fingerprint density at radius 2 is 2.04 bits per heavy atom. The van der Waals surface area contributed by atoms with E-state index in [1.165, 1.54) is 16.8 Å². The van der Waals surface area contributed by atoms with Crippen LogP contribution in [0.4, 0.5) is 10.1 Å². The molecule has 3 heterocycles. The summed E-state index contributed by atoms with van der Waals surface area (Å²) >= 11 is 6.18. The molecule has 26 heavy (non-hydrogen) atoms. The molecule has 1 aromatic carbocycles. The van der Waals surface area contributed by atoms with Crippen molar-refractivity contribution in [1.82, 2.24) is 19.8 Å². The summed E-state index contributed by atoms with van der Waals surface area (Å²) in [5.74, 6) is -0.340. The first-order valence-electron chi connectivity index (χ1n) is 8.26. The lowest BCUT2D eigenvalue weighted by molar-refractivity contribution is 0.243. The first-order chi connectivity index (χ1) is 12.5. The van der Waals surface area contributed by atoms with E-state index in [0.29, 0.717) is 17.8 Å². The van der Waals surface area contributed by atoms with Crippen LogP contribution < -0.4 is 10.5 Å². The normalized spacial score (nSPS) is 15.7. The summed E-state index contributed by atoms with van der Waals surface area (Å²) in [4.78, 5) is 16.2. The molecule has 9 heteroatoms. The number of hydrogen-bond acceptors (Lipinski definition) is 6. The van der Waals surface area contributed by atoms with Crippen LogP contribution in [0, 0.1) is 5.82 Å². The van der Waals surface area contributed by atoms with Gasteiger partial charge in [0.15, 0.2) is 5.58 Å². The van der Waals surface area contributed by atoms with Crippen LogP contribution in [0.15, 0.2) is 33.7 Å². The maximum Gasteiger partial charge on any atom is 0.287 e. The third-order valence-corrected chi connectivity index (χ3v) is 5.01. The Labute approximate surface area is 153 Å². The van der Waals surface area contributed by atoms with Crippen molar-refractivity contribution in [2.24, 2.45) is 7.05 Å². The Morgan fingerprint density at radius 1 is 1.27 bits per heavy atom. The number of aromatic nitrogens is 3. The predicted molar refractivity (Wildman–Crippen MR) is 95.9 cm³/mol. The molecule has 1 aliphatic heterocycles. The molecule has 1 fully saturated rings. The van der Waals surface area contributed by atoms with Crippen molar-refractivity contribution in [2.45, 2.75) is 6.54 Å². The molecule has 0 amide bonds. The van der Waals surface area contributed by atoms with Gasteiger partial charge in [-0.25, -0.2) is 9.07 Å². The molecule has 0 aliphatic carbocycles. The van der Waals surface area contributed by atoms with E-state index in [9.17, 15) is 9.18 Å². The van der Waals surface area contributed by atoms with Crippen LogP contribution in [0.5, 0.6) is 0 Å². The Hall–Kier alpha value is -2.45. The number of rotatable bonds is 3. The third kappa shape index (κ3) is 3.06. The molecule has 0 bridgehead atoms. The maximum absolute atomic E-state index is 13.3. The molecule has 0 atom stereocenters. The SMILES string of the molecule is Cn1ncc(N2CCN(Cc3noc4cc(F)ccc34)CC2)c(Cl)c1=O. The van der Waals surface area contributed by atoms with Gasteiger partial charge in [-0.2, -0.15) is 5.10 Å². The van der Waals surface area contributed by atoms with Gasteiger partial charge in [0, 0.05) is 51.2 Å². The first-order valence-corrected chi connectivity index (χ1v) is 8.63. The van der Waals surface area contributed by atoms with Gasteiger partial charge in [0.05, 0.1) is 11.9 Å². The highest BCUT2D eigenvalue weighted by atomic mass is 35.5. The molecule has 1 aliphatic rings. The highest BCUT2D eigenvalue weighted by Crippen LogP contribution is 2.24. The number of nitrogens with zero attached hydrogens (tertiary/aromatic N) is 5. The van der Waals surface area contributed by atoms with Crippen molar-refractivity contribution in [1.29, 1.82) is 0 Å². The molecule has 0 unspecified atom stereocenters. The van der Waals surface area contributed by atoms with Crippen LogP contribution in [0.3, 0.4) is 0 Å². The van der Waals surface area contributed by atoms with E-state index >= 15 is 0 Å². The zero-order valence-electron chi connectivity index (χ0n) is 14.2. The lowest BCUT2D eigenvalue weighted by Crippen LogP contribution is -2.46. The van der Waals surface area contributed by atoms with Gasteiger partial charge in [0.1, 0.15) is 16.5 Å². The Kier molecular flexibility index (Phi) is 4.37. The molecule has 0 saturated carbocycles. The molecule has 7 nitrogen and oxygen atoms in total. The summed E-state index contributed by atoms with van der Waals surface area (Å²) in [6, 6.07) is 4.44. The average molecular weight is 378 g/mol. The van der Waals surface area contributed by atoms with Gasteiger partial charge < -0.3 is 9.42 Å². The maximum atomic E-state index is 13.3. The minimum Gasteiger partial charge on any atom is -0.366 e. The van der Waals surface area contributed by atoms with E-state index in [4.69, 9.17) is 16.1 Å².